The molecule has 0 radical (unpaired) electrons. The topological polar surface area (TPSA) is 87.7 Å². The number of carbonyl (C=O) groups excluding carboxylic acids is 2. The van der Waals surface area contributed by atoms with Crippen molar-refractivity contribution in [3.05, 3.63) is 11.5 Å². The van der Waals surface area contributed by atoms with Gasteiger partial charge in [-0.1, -0.05) is 6.92 Å². The summed E-state index contributed by atoms with van der Waals surface area (Å²) >= 11 is 6.00. The van der Waals surface area contributed by atoms with Crippen molar-refractivity contribution in [1.29, 1.82) is 0 Å². The molecular weight excluding hydrogens is 370 g/mol. The standard InChI is InChI=1S/C18H26ClN5O3/c1-5-13-15(25)21-12-10-20-16(19)22-14(12)24(13)11-6-8-23(9-7-11)17(26)27-18(2,3)4/h10-11,13H,5-9H2,1-4H3,(H,21,25)/t13-/m1/s1. The molecule has 1 aromatic heterocycles. The summed E-state index contributed by atoms with van der Waals surface area (Å²) in [5, 5.41) is 3.01. The number of nitrogens with one attached hydrogen (secondary N) is 1. The zero-order chi connectivity index (χ0) is 19.8. The highest BCUT2D eigenvalue weighted by Gasteiger charge is 2.39. The Morgan fingerprint density at radius 2 is 2.04 bits per heavy atom. The first-order chi connectivity index (χ1) is 12.7. The molecule has 1 N–H and O–H groups in total. The second kappa shape index (κ2) is 7.50. The summed E-state index contributed by atoms with van der Waals surface area (Å²) in [5.41, 5.74) is 0.0578. The Morgan fingerprint density at radius 3 is 2.63 bits per heavy atom. The molecule has 3 heterocycles. The van der Waals surface area contributed by atoms with Crippen LogP contribution in [0.2, 0.25) is 5.28 Å². The third kappa shape index (κ3) is 4.26. The first kappa shape index (κ1) is 19.7. The van der Waals surface area contributed by atoms with E-state index in [4.69, 9.17) is 16.3 Å². The van der Waals surface area contributed by atoms with Crippen LogP contribution >= 0.6 is 11.6 Å². The molecule has 0 aliphatic carbocycles. The summed E-state index contributed by atoms with van der Waals surface area (Å²) in [6, 6.07) is -0.231. The highest BCUT2D eigenvalue weighted by Crippen LogP contribution is 2.35. The number of fused-ring (bicyclic) bond motifs is 1. The van der Waals surface area contributed by atoms with Gasteiger partial charge in [0.2, 0.25) is 11.2 Å². The average Bonchev–Trinajstić information content (AvgIpc) is 2.59. The van der Waals surface area contributed by atoms with E-state index in [9.17, 15) is 9.59 Å². The largest absolute Gasteiger partial charge is 0.444 e. The molecule has 148 valence electrons. The maximum absolute atomic E-state index is 12.5. The van der Waals surface area contributed by atoms with Crippen molar-refractivity contribution in [3.8, 4) is 0 Å². The van der Waals surface area contributed by atoms with Crippen molar-refractivity contribution in [3.63, 3.8) is 0 Å². The monoisotopic (exact) mass is 395 g/mol. The highest BCUT2D eigenvalue weighted by atomic mass is 35.5. The predicted molar refractivity (Wildman–Crippen MR) is 103 cm³/mol. The molecule has 1 saturated heterocycles. The quantitative estimate of drug-likeness (QED) is 0.774. The van der Waals surface area contributed by atoms with Crippen LogP contribution < -0.4 is 10.2 Å². The number of hydrogen-bond acceptors (Lipinski definition) is 6. The minimum absolute atomic E-state index is 0.0644. The number of aromatic nitrogens is 2. The lowest BCUT2D eigenvalue weighted by atomic mass is 9.98. The van der Waals surface area contributed by atoms with Gasteiger partial charge in [0.25, 0.3) is 0 Å². The van der Waals surface area contributed by atoms with Gasteiger partial charge in [-0.2, -0.15) is 4.98 Å². The van der Waals surface area contributed by atoms with Gasteiger partial charge in [0.1, 0.15) is 17.3 Å². The molecule has 1 aromatic rings. The molecule has 2 aliphatic heterocycles. The van der Waals surface area contributed by atoms with Crippen LogP contribution in [0, 0.1) is 0 Å². The second-order valence-corrected chi connectivity index (χ2v) is 8.23. The van der Waals surface area contributed by atoms with E-state index < -0.39 is 5.60 Å². The van der Waals surface area contributed by atoms with E-state index in [2.05, 4.69) is 15.3 Å². The van der Waals surface area contributed by atoms with Gasteiger partial charge in [-0.15, -0.1) is 0 Å². The molecular formula is C18H26ClN5O3. The number of hydrogen-bond donors (Lipinski definition) is 1. The van der Waals surface area contributed by atoms with Crippen molar-refractivity contribution < 1.29 is 14.3 Å². The van der Waals surface area contributed by atoms with Gasteiger partial charge in [0.15, 0.2) is 5.82 Å². The van der Waals surface area contributed by atoms with E-state index in [0.29, 0.717) is 31.0 Å². The minimum atomic E-state index is -0.515. The Labute approximate surface area is 164 Å². The smallest absolute Gasteiger partial charge is 0.410 e. The van der Waals surface area contributed by atoms with Crippen molar-refractivity contribution in [1.82, 2.24) is 14.9 Å². The number of carbonyl (C=O) groups is 2. The molecule has 0 bridgehead atoms. The molecule has 2 amide bonds. The first-order valence-electron chi connectivity index (χ1n) is 9.29. The van der Waals surface area contributed by atoms with Gasteiger partial charge in [0.05, 0.1) is 6.20 Å². The van der Waals surface area contributed by atoms with Gasteiger partial charge in [-0.05, 0) is 51.6 Å². The van der Waals surface area contributed by atoms with Crippen LogP contribution in [0.25, 0.3) is 0 Å². The fourth-order valence-corrected chi connectivity index (χ4v) is 3.72. The third-order valence-electron chi connectivity index (χ3n) is 4.78. The molecule has 0 saturated carbocycles. The number of anilines is 2. The summed E-state index contributed by atoms with van der Waals surface area (Å²) in [4.78, 5) is 36.9. The van der Waals surface area contributed by atoms with Gasteiger partial charge in [-0.25, -0.2) is 9.78 Å². The van der Waals surface area contributed by atoms with Crippen LogP contribution in [-0.2, 0) is 9.53 Å². The Bertz CT molecular complexity index is 728. The molecule has 9 heteroatoms. The fraction of sp³-hybridized carbons (Fsp3) is 0.667. The third-order valence-corrected chi connectivity index (χ3v) is 4.96. The normalized spacial score (nSPS) is 20.9. The van der Waals surface area contributed by atoms with E-state index >= 15 is 0 Å². The first-order valence-corrected chi connectivity index (χ1v) is 9.67. The fourth-order valence-electron chi connectivity index (χ4n) is 3.59. The van der Waals surface area contributed by atoms with E-state index in [1.165, 1.54) is 6.20 Å². The number of nitrogens with zero attached hydrogens (tertiary/aromatic N) is 4. The number of halogens is 1. The average molecular weight is 396 g/mol. The number of amides is 2. The maximum Gasteiger partial charge on any atom is 0.410 e. The van der Waals surface area contributed by atoms with Crippen LogP contribution in [0.1, 0.15) is 47.0 Å². The molecule has 3 rings (SSSR count). The Kier molecular flexibility index (Phi) is 5.46. The van der Waals surface area contributed by atoms with Crippen LogP contribution in [-0.4, -0.2) is 57.6 Å². The van der Waals surface area contributed by atoms with Crippen LogP contribution in [0.3, 0.4) is 0 Å². The lowest BCUT2D eigenvalue weighted by molar-refractivity contribution is -0.118. The molecule has 0 spiro atoms. The number of likely N-dealkylation sites (tertiary alicyclic amines) is 1. The zero-order valence-corrected chi connectivity index (χ0v) is 16.9. The van der Waals surface area contributed by atoms with Crippen LogP contribution in [0.4, 0.5) is 16.3 Å². The van der Waals surface area contributed by atoms with E-state index in [-0.39, 0.29) is 29.4 Å². The lowest BCUT2D eigenvalue weighted by Crippen LogP contribution is -2.56. The zero-order valence-electron chi connectivity index (χ0n) is 16.2. The second-order valence-electron chi connectivity index (χ2n) is 7.90. The summed E-state index contributed by atoms with van der Waals surface area (Å²) < 4.78 is 5.46. The van der Waals surface area contributed by atoms with Crippen molar-refractivity contribution in [2.45, 2.75) is 64.6 Å². The molecule has 0 unspecified atom stereocenters. The lowest BCUT2D eigenvalue weighted by Gasteiger charge is -2.44. The SMILES string of the molecule is CC[C@@H]1C(=O)Nc2cnc(Cl)nc2N1C1CCN(C(=O)OC(C)(C)C)CC1. The van der Waals surface area contributed by atoms with Crippen molar-refractivity contribution in [2.75, 3.05) is 23.3 Å². The summed E-state index contributed by atoms with van der Waals surface area (Å²) in [6.45, 7) is 8.69. The van der Waals surface area contributed by atoms with E-state index in [1.807, 2.05) is 32.6 Å². The molecule has 2 aliphatic rings. The minimum Gasteiger partial charge on any atom is -0.444 e. The predicted octanol–water partition coefficient (Wildman–Crippen LogP) is 3.07. The molecule has 1 fully saturated rings. The Morgan fingerprint density at radius 1 is 1.37 bits per heavy atom. The molecule has 0 aromatic carbocycles. The van der Waals surface area contributed by atoms with E-state index in [0.717, 1.165) is 12.8 Å². The van der Waals surface area contributed by atoms with Gasteiger partial charge >= 0.3 is 6.09 Å². The summed E-state index contributed by atoms with van der Waals surface area (Å²) in [5.74, 6) is 0.586. The van der Waals surface area contributed by atoms with E-state index in [1.54, 1.807) is 4.90 Å². The van der Waals surface area contributed by atoms with Crippen LogP contribution in [0.5, 0.6) is 0 Å². The van der Waals surface area contributed by atoms with Crippen LogP contribution in [0.15, 0.2) is 6.20 Å². The maximum atomic E-state index is 12.5. The molecule has 8 nitrogen and oxygen atoms in total. The van der Waals surface area contributed by atoms with Gasteiger partial charge in [0, 0.05) is 19.1 Å². The molecule has 1 atom stereocenters. The van der Waals surface area contributed by atoms with Gasteiger partial charge in [-0.3, -0.25) is 4.79 Å². The number of piperidine rings is 1. The summed E-state index contributed by atoms with van der Waals surface area (Å²) in [7, 11) is 0. The van der Waals surface area contributed by atoms with Crippen molar-refractivity contribution >= 4 is 35.1 Å². The number of ether oxygens (including phenoxy) is 1. The highest BCUT2D eigenvalue weighted by molar-refractivity contribution is 6.28. The summed E-state index contributed by atoms with van der Waals surface area (Å²) in [6.07, 6.45) is 3.35. The Hall–Kier alpha value is -2.09. The molecule has 27 heavy (non-hydrogen) atoms. The number of rotatable bonds is 2. The van der Waals surface area contributed by atoms with Gasteiger partial charge < -0.3 is 19.9 Å². The van der Waals surface area contributed by atoms with Crippen molar-refractivity contribution in [2.24, 2.45) is 0 Å². The Balaban J connectivity index is 1.77.